The monoisotopic (exact) mass is 767 g/mol. The highest BCUT2D eigenvalue weighted by Crippen LogP contribution is 2.46. The van der Waals surface area contributed by atoms with E-state index in [0.29, 0.717) is 24.0 Å². The van der Waals surface area contributed by atoms with E-state index in [1.54, 1.807) is 26.8 Å². The van der Waals surface area contributed by atoms with Crippen molar-refractivity contribution in [2.24, 2.45) is 5.92 Å². The van der Waals surface area contributed by atoms with Crippen LogP contribution in [0.3, 0.4) is 0 Å². The highest BCUT2D eigenvalue weighted by molar-refractivity contribution is 7.91. The van der Waals surface area contributed by atoms with Gasteiger partial charge in [-0.05, 0) is 64.5 Å². The van der Waals surface area contributed by atoms with Crippen LogP contribution in [-0.2, 0) is 47.0 Å². The van der Waals surface area contributed by atoms with Crippen molar-refractivity contribution in [1.82, 2.24) is 25.2 Å². The lowest BCUT2D eigenvalue weighted by Gasteiger charge is -2.30. The number of alkyl carbamates (subject to hydrolysis) is 1. The van der Waals surface area contributed by atoms with E-state index in [1.807, 2.05) is 4.72 Å². The fraction of sp³-hybridized carbons (Fsp3) is 0.629. The van der Waals surface area contributed by atoms with Crippen molar-refractivity contribution in [3.63, 3.8) is 0 Å². The number of nitrogens with one attached hydrogen (secondary N) is 3. The standard InChI is InChI=1S/C35H44F3N5O9S/c1-33(2,3)52-31(47)39-26-10-6-14-34(37,38)13-5-8-21-16-35(21,30(46)41-53(49,50)23-11-12-23)40-28(44)27-15-22(18-43(27)29(26)45)51-32(48)42-17-20-7-4-9-25(36)24(20)19-42/h4-5,7-9,21-23,26-27H,6,10-19H2,1-3H3,(H,39,47)(H,40,44)(H,41,46)/t21-,22-,26-,27+,35-/m1/s1. The first-order valence-electron chi connectivity index (χ1n) is 17.7. The summed E-state index contributed by atoms with van der Waals surface area (Å²) in [7, 11) is -4.06. The number of carbonyl (C=O) groups is 5. The Morgan fingerprint density at radius 1 is 1.08 bits per heavy atom. The van der Waals surface area contributed by atoms with E-state index in [9.17, 15) is 36.8 Å². The van der Waals surface area contributed by atoms with E-state index in [0.717, 1.165) is 4.90 Å². The molecule has 5 atom stereocenters. The van der Waals surface area contributed by atoms with Gasteiger partial charge in [-0.2, -0.15) is 0 Å². The Morgan fingerprint density at radius 2 is 1.81 bits per heavy atom. The molecule has 6 rings (SSSR count). The van der Waals surface area contributed by atoms with Gasteiger partial charge in [-0.15, -0.1) is 0 Å². The van der Waals surface area contributed by atoms with Gasteiger partial charge in [0.1, 0.15) is 35.1 Å². The Bertz CT molecular complexity index is 1820. The minimum Gasteiger partial charge on any atom is -0.444 e. The maximum Gasteiger partial charge on any atom is 0.410 e. The van der Waals surface area contributed by atoms with Gasteiger partial charge in [0, 0.05) is 37.3 Å². The Kier molecular flexibility index (Phi) is 10.2. The van der Waals surface area contributed by atoms with Crippen LogP contribution in [0, 0.1) is 11.7 Å². The van der Waals surface area contributed by atoms with Crippen molar-refractivity contribution in [3.8, 4) is 0 Å². The molecule has 0 spiro atoms. The number of fused-ring (bicyclic) bond motifs is 3. The number of sulfonamides is 1. The third-order valence-corrected chi connectivity index (χ3v) is 11.9. The molecule has 1 saturated heterocycles. The van der Waals surface area contributed by atoms with Crippen molar-refractivity contribution >= 4 is 39.9 Å². The molecular weight excluding hydrogens is 723 g/mol. The summed E-state index contributed by atoms with van der Waals surface area (Å²) < 4.78 is 82.9. The second-order valence-corrected chi connectivity index (χ2v) is 17.5. The molecular formula is C35H44F3N5O9S. The SMILES string of the molecule is CC(C)(C)OC(=O)N[C@@H]1CCCC(F)(F)CC=C[C@@H]2C[C@@]2(C(=O)NS(=O)(=O)C2CC2)NC(=O)[C@@H]2C[C@@H](OC(=O)N3Cc4cccc(F)c4C3)CN2C1=O. The largest absolute Gasteiger partial charge is 0.444 e. The van der Waals surface area contributed by atoms with Crippen LogP contribution in [0.25, 0.3) is 0 Å². The number of hydrogen-bond donors (Lipinski definition) is 3. The molecule has 53 heavy (non-hydrogen) atoms. The highest BCUT2D eigenvalue weighted by atomic mass is 32.2. The summed E-state index contributed by atoms with van der Waals surface area (Å²) in [5, 5.41) is 4.30. The Balaban J connectivity index is 1.28. The maximum absolute atomic E-state index is 15.0. The number of amides is 5. The molecule has 3 heterocycles. The van der Waals surface area contributed by atoms with Crippen molar-refractivity contribution < 1.29 is 55.0 Å². The predicted octanol–water partition coefficient (Wildman–Crippen LogP) is 3.39. The number of carbonyl (C=O) groups excluding carboxylic acids is 5. The highest BCUT2D eigenvalue weighted by Gasteiger charge is 2.62. The first-order chi connectivity index (χ1) is 24.8. The third kappa shape index (κ3) is 8.73. The van der Waals surface area contributed by atoms with Crippen LogP contribution < -0.4 is 15.4 Å². The smallest absolute Gasteiger partial charge is 0.410 e. The number of ether oxygens (including phenoxy) is 2. The fourth-order valence-electron chi connectivity index (χ4n) is 7.05. The van der Waals surface area contributed by atoms with Crippen LogP contribution in [0.15, 0.2) is 30.4 Å². The van der Waals surface area contributed by atoms with Crippen LogP contribution in [0.5, 0.6) is 0 Å². The van der Waals surface area contributed by atoms with E-state index in [4.69, 9.17) is 9.47 Å². The molecule has 18 heteroatoms. The van der Waals surface area contributed by atoms with Gasteiger partial charge >= 0.3 is 12.2 Å². The zero-order valence-electron chi connectivity index (χ0n) is 29.7. The first-order valence-corrected chi connectivity index (χ1v) is 19.3. The molecule has 1 aromatic rings. The Labute approximate surface area is 305 Å². The normalized spacial score (nSPS) is 28.7. The van der Waals surface area contributed by atoms with Gasteiger partial charge in [0.25, 0.3) is 11.8 Å². The minimum absolute atomic E-state index is 0.0635. The summed E-state index contributed by atoms with van der Waals surface area (Å²) in [5.74, 6) is -7.30. The molecule has 1 aromatic carbocycles. The summed E-state index contributed by atoms with van der Waals surface area (Å²) in [6.07, 6.45) is -1.86. The number of rotatable bonds is 5. The maximum atomic E-state index is 15.0. The van der Waals surface area contributed by atoms with Gasteiger partial charge in [0.05, 0.1) is 18.3 Å². The van der Waals surface area contributed by atoms with Crippen LogP contribution in [0.2, 0.25) is 0 Å². The van der Waals surface area contributed by atoms with E-state index in [1.165, 1.54) is 29.2 Å². The molecule has 3 N–H and O–H groups in total. The zero-order valence-corrected chi connectivity index (χ0v) is 30.5. The van der Waals surface area contributed by atoms with Gasteiger partial charge in [-0.3, -0.25) is 24.0 Å². The molecule has 0 unspecified atom stereocenters. The molecule has 3 aliphatic heterocycles. The predicted molar refractivity (Wildman–Crippen MR) is 181 cm³/mol. The molecule has 0 radical (unpaired) electrons. The summed E-state index contributed by atoms with van der Waals surface area (Å²) in [4.78, 5) is 70.4. The van der Waals surface area contributed by atoms with Gasteiger partial charge in [-0.25, -0.2) is 31.2 Å². The van der Waals surface area contributed by atoms with E-state index in [-0.39, 0.29) is 45.3 Å². The number of halogens is 3. The van der Waals surface area contributed by atoms with Crippen LogP contribution in [0.1, 0.15) is 83.3 Å². The molecule has 5 aliphatic rings. The van der Waals surface area contributed by atoms with Crippen LogP contribution >= 0.6 is 0 Å². The summed E-state index contributed by atoms with van der Waals surface area (Å²) >= 11 is 0. The molecule has 5 amide bonds. The number of allylic oxidation sites excluding steroid dienone is 1. The number of benzene rings is 1. The number of alkyl halides is 2. The quantitative estimate of drug-likeness (QED) is 0.379. The lowest BCUT2D eigenvalue weighted by atomic mass is 10.0. The fourth-order valence-corrected chi connectivity index (χ4v) is 8.41. The Morgan fingerprint density at radius 3 is 2.49 bits per heavy atom. The van der Waals surface area contributed by atoms with E-state index < -0.39 is 105 Å². The molecule has 0 aromatic heterocycles. The number of hydrogen-bond acceptors (Lipinski definition) is 9. The average molecular weight is 768 g/mol. The number of nitrogens with zero attached hydrogens (tertiary/aromatic N) is 2. The van der Waals surface area contributed by atoms with Gasteiger partial charge in [0.2, 0.25) is 21.8 Å². The summed E-state index contributed by atoms with van der Waals surface area (Å²) in [6, 6.07) is 1.65. The Hall–Kier alpha value is -4.35. The van der Waals surface area contributed by atoms with Gasteiger partial charge < -0.3 is 25.0 Å². The second kappa shape index (κ2) is 14.1. The lowest BCUT2D eigenvalue weighted by Crippen LogP contribution is -2.58. The van der Waals surface area contributed by atoms with Crippen molar-refractivity contribution in [2.45, 2.75) is 126 Å². The van der Waals surface area contributed by atoms with Crippen molar-refractivity contribution in [3.05, 3.63) is 47.3 Å². The molecule has 2 saturated carbocycles. The molecule has 3 fully saturated rings. The molecule has 0 bridgehead atoms. The van der Waals surface area contributed by atoms with Crippen LogP contribution in [0.4, 0.5) is 22.8 Å². The molecule has 290 valence electrons. The van der Waals surface area contributed by atoms with E-state index >= 15 is 8.78 Å². The second-order valence-electron chi connectivity index (χ2n) is 15.5. The van der Waals surface area contributed by atoms with Crippen molar-refractivity contribution in [1.29, 1.82) is 0 Å². The third-order valence-electron chi connectivity index (χ3n) is 10.1. The minimum atomic E-state index is -4.06. The molecule has 14 nitrogen and oxygen atoms in total. The topological polar surface area (TPSA) is 181 Å². The van der Waals surface area contributed by atoms with Crippen LogP contribution in [-0.4, -0.2) is 95.2 Å². The summed E-state index contributed by atoms with van der Waals surface area (Å²) in [5.41, 5.74) is -1.87. The first kappa shape index (κ1) is 38.4. The lowest BCUT2D eigenvalue weighted by molar-refractivity contribution is -0.141. The average Bonchev–Trinajstić information content (AvgIpc) is 3.93. The van der Waals surface area contributed by atoms with Gasteiger partial charge in [-0.1, -0.05) is 24.3 Å². The van der Waals surface area contributed by atoms with Gasteiger partial charge in [0.15, 0.2) is 0 Å². The molecule has 2 aliphatic carbocycles. The zero-order chi connectivity index (χ0) is 38.5. The van der Waals surface area contributed by atoms with E-state index in [2.05, 4.69) is 10.6 Å². The van der Waals surface area contributed by atoms with Crippen molar-refractivity contribution in [2.75, 3.05) is 6.54 Å². The summed E-state index contributed by atoms with van der Waals surface area (Å²) in [6.45, 7) is 4.44.